The number of anilines is 1. The van der Waals surface area contributed by atoms with Gasteiger partial charge in [-0.15, -0.1) is 0 Å². The zero-order valence-corrected chi connectivity index (χ0v) is 13.3. The van der Waals surface area contributed by atoms with Crippen molar-refractivity contribution in [3.63, 3.8) is 0 Å². The highest BCUT2D eigenvalue weighted by Crippen LogP contribution is 2.68. The molecule has 1 N–H and O–H groups in total. The van der Waals surface area contributed by atoms with Crippen molar-refractivity contribution in [2.75, 3.05) is 5.32 Å². The minimum atomic E-state index is -0.403. The highest BCUT2D eigenvalue weighted by Gasteiger charge is 2.65. The first-order valence-electron chi connectivity index (χ1n) is 7.49. The second-order valence-corrected chi connectivity index (χ2v) is 6.95. The molecule has 3 rings (SSSR count). The van der Waals surface area contributed by atoms with Gasteiger partial charge in [-0.1, -0.05) is 13.8 Å². The van der Waals surface area contributed by atoms with E-state index >= 15 is 0 Å². The zero-order valence-electron chi connectivity index (χ0n) is 13.3. The lowest BCUT2D eigenvalue weighted by Crippen LogP contribution is -2.12. The van der Waals surface area contributed by atoms with Crippen LogP contribution in [0.4, 0.5) is 11.4 Å². The fraction of sp³-hybridized carbons (Fsp3) is 0.471. The van der Waals surface area contributed by atoms with Crippen molar-refractivity contribution < 1.29 is 9.72 Å². The van der Waals surface area contributed by atoms with E-state index in [0.717, 1.165) is 22.5 Å². The summed E-state index contributed by atoms with van der Waals surface area (Å²) < 4.78 is 0. The summed E-state index contributed by atoms with van der Waals surface area (Å²) in [6.07, 6.45) is 0.644. The van der Waals surface area contributed by atoms with Gasteiger partial charge >= 0.3 is 0 Å². The molecule has 0 spiro atoms. The van der Waals surface area contributed by atoms with Gasteiger partial charge in [-0.3, -0.25) is 14.9 Å². The number of nitro groups is 1. The zero-order chi connectivity index (χ0) is 16.2. The number of fused-ring (bicyclic) bond motifs is 1. The standard InChI is InChI=1S/C17H20N2O3/c1-9-7-11(19(21)22)5-6-13(9)18-10(2)15-14(20)8-12-16(15)17(12,3)4/h5-7,12,16,18H,8H2,1-4H3/t12-,16-/m1/s1. The van der Waals surface area contributed by atoms with Crippen LogP contribution in [0, 0.1) is 34.3 Å². The van der Waals surface area contributed by atoms with Crippen LogP contribution in [0.5, 0.6) is 0 Å². The molecule has 0 aliphatic heterocycles. The van der Waals surface area contributed by atoms with Crippen LogP contribution in [0.2, 0.25) is 0 Å². The quantitative estimate of drug-likeness (QED) is 0.523. The first-order valence-corrected chi connectivity index (χ1v) is 7.49. The SMILES string of the molecule is CC(Nc1ccc([N+](=O)[O-])cc1C)=C1C(=O)C[C@@H]2[C@H]1C2(C)C. The van der Waals surface area contributed by atoms with E-state index in [9.17, 15) is 14.9 Å². The van der Waals surface area contributed by atoms with Gasteiger partial charge in [0.15, 0.2) is 5.78 Å². The number of aryl methyl sites for hydroxylation is 1. The number of nitro benzene ring substituents is 1. The van der Waals surface area contributed by atoms with Crippen LogP contribution in [-0.2, 0) is 4.79 Å². The number of hydrogen-bond donors (Lipinski definition) is 1. The highest BCUT2D eigenvalue weighted by atomic mass is 16.6. The Labute approximate surface area is 129 Å². The highest BCUT2D eigenvalue weighted by molar-refractivity contribution is 6.01. The number of ketones is 1. The number of carbonyl (C=O) groups is 1. The van der Waals surface area contributed by atoms with E-state index in [2.05, 4.69) is 19.2 Å². The Balaban J connectivity index is 1.88. The van der Waals surface area contributed by atoms with Gasteiger partial charge in [0.05, 0.1) is 4.92 Å². The second kappa shape index (κ2) is 4.66. The minimum absolute atomic E-state index is 0.0775. The Hall–Kier alpha value is -2.17. The molecule has 22 heavy (non-hydrogen) atoms. The number of nitrogens with one attached hydrogen (secondary N) is 1. The predicted molar refractivity (Wildman–Crippen MR) is 84.5 cm³/mol. The lowest BCUT2D eigenvalue weighted by Gasteiger charge is -2.15. The number of Topliss-reactive ketones (excluding diaryl/α,β-unsaturated/α-hetero) is 1. The van der Waals surface area contributed by atoms with E-state index in [-0.39, 0.29) is 16.9 Å². The van der Waals surface area contributed by atoms with Crippen LogP contribution in [0.1, 0.15) is 32.8 Å². The van der Waals surface area contributed by atoms with Crippen molar-refractivity contribution >= 4 is 17.2 Å². The van der Waals surface area contributed by atoms with Gasteiger partial charge in [0, 0.05) is 35.5 Å². The van der Waals surface area contributed by atoms with Crippen molar-refractivity contribution in [2.45, 2.75) is 34.1 Å². The lowest BCUT2D eigenvalue weighted by molar-refractivity contribution is -0.384. The number of hydrogen-bond acceptors (Lipinski definition) is 4. The summed E-state index contributed by atoms with van der Waals surface area (Å²) in [5.41, 5.74) is 3.69. The fourth-order valence-corrected chi connectivity index (χ4v) is 3.79. The van der Waals surface area contributed by atoms with Crippen LogP contribution in [0.3, 0.4) is 0 Å². The molecule has 0 aromatic heterocycles. The number of non-ortho nitro benzene ring substituents is 1. The van der Waals surface area contributed by atoms with Gasteiger partial charge < -0.3 is 5.32 Å². The normalized spacial score (nSPS) is 27.4. The summed E-state index contributed by atoms with van der Waals surface area (Å²) in [4.78, 5) is 22.6. The number of allylic oxidation sites excluding steroid dienone is 2. The van der Waals surface area contributed by atoms with E-state index in [1.165, 1.54) is 6.07 Å². The largest absolute Gasteiger partial charge is 0.359 e. The second-order valence-electron chi connectivity index (χ2n) is 6.95. The molecular weight excluding hydrogens is 280 g/mol. The van der Waals surface area contributed by atoms with E-state index < -0.39 is 4.92 Å². The van der Waals surface area contributed by atoms with Gasteiger partial charge in [-0.25, -0.2) is 0 Å². The summed E-state index contributed by atoms with van der Waals surface area (Å²) in [6.45, 7) is 8.16. The number of carbonyl (C=O) groups excluding carboxylic acids is 1. The topological polar surface area (TPSA) is 72.2 Å². The molecule has 116 valence electrons. The van der Waals surface area contributed by atoms with Crippen molar-refractivity contribution in [3.05, 3.63) is 45.1 Å². The molecule has 2 aliphatic carbocycles. The van der Waals surface area contributed by atoms with Gasteiger partial charge in [0.2, 0.25) is 0 Å². The maximum absolute atomic E-state index is 12.2. The summed E-state index contributed by atoms with van der Waals surface area (Å²) in [5.74, 6) is 1.06. The van der Waals surface area contributed by atoms with Gasteiger partial charge in [0.1, 0.15) is 0 Å². The third kappa shape index (κ3) is 2.12. The molecule has 2 fully saturated rings. The first kappa shape index (κ1) is 14.8. The summed E-state index contributed by atoms with van der Waals surface area (Å²) in [7, 11) is 0. The molecule has 5 heteroatoms. The van der Waals surface area contributed by atoms with Gasteiger partial charge in [-0.05, 0) is 42.7 Å². The predicted octanol–water partition coefficient (Wildman–Crippen LogP) is 3.83. The van der Waals surface area contributed by atoms with Crippen LogP contribution in [0.25, 0.3) is 0 Å². The molecule has 0 radical (unpaired) electrons. The molecule has 1 aromatic carbocycles. The van der Waals surface area contributed by atoms with E-state index in [1.54, 1.807) is 12.1 Å². The Morgan fingerprint density at radius 2 is 2.09 bits per heavy atom. The fourth-order valence-electron chi connectivity index (χ4n) is 3.79. The van der Waals surface area contributed by atoms with Crippen LogP contribution >= 0.6 is 0 Å². The van der Waals surface area contributed by atoms with Crippen molar-refractivity contribution in [1.82, 2.24) is 0 Å². The third-order valence-electron chi connectivity index (χ3n) is 5.21. The molecule has 2 saturated carbocycles. The molecule has 0 unspecified atom stereocenters. The molecule has 0 saturated heterocycles. The average Bonchev–Trinajstić information content (AvgIpc) is 2.80. The van der Waals surface area contributed by atoms with Crippen molar-refractivity contribution in [1.29, 1.82) is 0 Å². The maximum atomic E-state index is 12.2. The van der Waals surface area contributed by atoms with E-state index in [1.807, 2.05) is 13.8 Å². The third-order valence-corrected chi connectivity index (χ3v) is 5.21. The number of benzene rings is 1. The van der Waals surface area contributed by atoms with Crippen LogP contribution in [0.15, 0.2) is 29.5 Å². The Kier molecular flexibility index (Phi) is 3.13. The summed E-state index contributed by atoms with van der Waals surface area (Å²) in [5, 5.41) is 14.1. The summed E-state index contributed by atoms with van der Waals surface area (Å²) >= 11 is 0. The molecule has 5 nitrogen and oxygen atoms in total. The van der Waals surface area contributed by atoms with E-state index in [4.69, 9.17) is 0 Å². The smallest absolute Gasteiger partial charge is 0.269 e. The molecule has 1 aromatic rings. The summed E-state index contributed by atoms with van der Waals surface area (Å²) in [6, 6.07) is 4.72. The Morgan fingerprint density at radius 1 is 1.41 bits per heavy atom. The first-order chi connectivity index (χ1) is 10.2. The van der Waals surface area contributed by atoms with Crippen LogP contribution < -0.4 is 5.32 Å². The average molecular weight is 300 g/mol. The molecular formula is C17H20N2O3. The van der Waals surface area contributed by atoms with Gasteiger partial charge in [0.25, 0.3) is 5.69 Å². The monoisotopic (exact) mass is 300 g/mol. The Morgan fingerprint density at radius 3 is 2.64 bits per heavy atom. The minimum Gasteiger partial charge on any atom is -0.359 e. The molecule has 2 atom stereocenters. The van der Waals surface area contributed by atoms with Gasteiger partial charge in [-0.2, -0.15) is 0 Å². The van der Waals surface area contributed by atoms with E-state index in [0.29, 0.717) is 18.3 Å². The molecule has 0 bridgehead atoms. The van der Waals surface area contributed by atoms with Crippen molar-refractivity contribution in [2.24, 2.45) is 17.3 Å². The number of nitrogens with zero attached hydrogens (tertiary/aromatic N) is 1. The molecule has 2 aliphatic rings. The Bertz CT molecular complexity index is 719. The molecule has 0 amide bonds. The number of rotatable bonds is 3. The van der Waals surface area contributed by atoms with Crippen molar-refractivity contribution in [3.8, 4) is 0 Å². The molecule has 0 heterocycles. The van der Waals surface area contributed by atoms with Crippen LogP contribution in [-0.4, -0.2) is 10.7 Å². The lowest BCUT2D eigenvalue weighted by atomic mass is 9.95. The maximum Gasteiger partial charge on any atom is 0.269 e.